The fourth-order valence-corrected chi connectivity index (χ4v) is 1.54. The largest absolute Gasteiger partial charge is 0.436 e. The smallest absolute Gasteiger partial charge is 0.291 e. The molecule has 1 aromatic rings. The minimum Gasteiger partial charge on any atom is -0.436 e. The van der Waals surface area contributed by atoms with Gasteiger partial charge in [0.05, 0.1) is 17.2 Å². The first-order valence-electron chi connectivity index (χ1n) is 4.97. The summed E-state index contributed by atoms with van der Waals surface area (Å²) in [4.78, 5) is 17.9. The van der Waals surface area contributed by atoms with Gasteiger partial charge in [-0.25, -0.2) is 4.98 Å². The van der Waals surface area contributed by atoms with Crippen LogP contribution >= 0.6 is 12.2 Å². The molecule has 0 saturated carbocycles. The van der Waals surface area contributed by atoms with Gasteiger partial charge in [-0.1, -0.05) is 12.2 Å². The molecule has 16 heavy (non-hydrogen) atoms. The second-order valence-corrected chi connectivity index (χ2v) is 3.96. The number of oxazole rings is 1. The average molecular weight is 241 g/mol. The third kappa shape index (κ3) is 2.79. The van der Waals surface area contributed by atoms with Gasteiger partial charge in [0.1, 0.15) is 0 Å². The highest BCUT2D eigenvalue weighted by atomic mass is 32.1. The lowest BCUT2D eigenvalue weighted by Gasteiger charge is -2.18. The molecule has 5 nitrogen and oxygen atoms in total. The van der Waals surface area contributed by atoms with Crippen LogP contribution in [0.25, 0.3) is 0 Å². The molecule has 0 aliphatic carbocycles. The van der Waals surface area contributed by atoms with Gasteiger partial charge in [-0.3, -0.25) is 4.79 Å². The number of amides is 1. The average Bonchev–Trinajstić information content (AvgIpc) is 2.53. The molecule has 88 valence electrons. The number of hydrogen-bond acceptors (Lipinski definition) is 4. The van der Waals surface area contributed by atoms with Crippen molar-refractivity contribution in [1.82, 2.24) is 9.88 Å². The molecule has 2 N–H and O–H groups in total. The molecule has 0 spiro atoms. The summed E-state index contributed by atoms with van der Waals surface area (Å²) >= 11 is 4.78. The van der Waals surface area contributed by atoms with Gasteiger partial charge in [-0.15, -0.1) is 0 Å². The summed E-state index contributed by atoms with van der Waals surface area (Å²) in [5.74, 6) is 0.510. The molecule has 0 radical (unpaired) electrons. The van der Waals surface area contributed by atoms with Crippen LogP contribution in [0.15, 0.2) is 4.42 Å². The van der Waals surface area contributed by atoms with Crippen LogP contribution in [0.4, 0.5) is 0 Å². The first-order valence-corrected chi connectivity index (χ1v) is 5.38. The third-order valence-electron chi connectivity index (χ3n) is 2.11. The van der Waals surface area contributed by atoms with Crippen molar-refractivity contribution in [1.29, 1.82) is 0 Å². The zero-order valence-corrected chi connectivity index (χ0v) is 10.4. The molecule has 0 saturated heterocycles. The van der Waals surface area contributed by atoms with E-state index in [9.17, 15) is 4.79 Å². The Balaban J connectivity index is 2.91. The van der Waals surface area contributed by atoms with Crippen LogP contribution in [0.3, 0.4) is 0 Å². The van der Waals surface area contributed by atoms with Gasteiger partial charge in [-0.05, 0) is 13.8 Å². The molecule has 0 fully saturated rings. The maximum atomic E-state index is 12.0. The molecule has 0 aliphatic heterocycles. The van der Waals surface area contributed by atoms with Crippen LogP contribution in [0.5, 0.6) is 0 Å². The maximum Gasteiger partial charge on any atom is 0.291 e. The van der Waals surface area contributed by atoms with Gasteiger partial charge in [0.25, 0.3) is 5.91 Å². The van der Waals surface area contributed by atoms with Crippen molar-refractivity contribution in [3.05, 3.63) is 17.3 Å². The van der Waals surface area contributed by atoms with Gasteiger partial charge in [0, 0.05) is 13.5 Å². The summed E-state index contributed by atoms with van der Waals surface area (Å²) in [6.07, 6.45) is 0. The SMILES string of the molecule is CCN(CC(N)=S)C(=O)c1oc(C)nc1C. The van der Waals surface area contributed by atoms with Gasteiger partial charge in [0.2, 0.25) is 5.76 Å². The standard InChI is InChI=1S/C10H15N3O2S/c1-4-13(5-8(11)16)10(14)9-6(2)12-7(3)15-9/h4-5H2,1-3H3,(H2,11,16). The molecule has 0 atom stereocenters. The van der Waals surface area contributed by atoms with Crippen molar-refractivity contribution in [3.8, 4) is 0 Å². The minimum absolute atomic E-state index is 0.228. The molecule has 0 unspecified atom stereocenters. The lowest BCUT2D eigenvalue weighted by Crippen LogP contribution is -2.37. The summed E-state index contributed by atoms with van der Waals surface area (Å²) in [6.45, 7) is 6.07. The van der Waals surface area contributed by atoms with E-state index in [1.807, 2.05) is 6.92 Å². The summed E-state index contributed by atoms with van der Waals surface area (Å²) < 4.78 is 5.25. The van der Waals surface area contributed by atoms with E-state index in [0.29, 0.717) is 18.1 Å². The molecule has 6 heteroatoms. The van der Waals surface area contributed by atoms with Crippen LogP contribution in [-0.4, -0.2) is 33.9 Å². The monoisotopic (exact) mass is 241 g/mol. The Labute approximate surface area is 99.6 Å². The molecule has 0 bridgehead atoms. The van der Waals surface area contributed by atoms with Gasteiger partial charge in [-0.2, -0.15) is 0 Å². The van der Waals surface area contributed by atoms with Crippen LogP contribution in [0.1, 0.15) is 29.1 Å². The molecular formula is C10H15N3O2S. The fourth-order valence-electron chi connectivity index (χ4n) is 1.39. The number of nitrogens with two attached hydrogens (primary N) is 1. The molecule has 0 aliphatic rings. The molecule has 1 rings (SSSR count). The lowest BCUT2D eigenvalue weighted by molar-refractivity contribution is 0.0754. The van der Waals surface area contributed by atoms with E-state index >= 15 is 0 Å². The van der Waals surface area contributed by atoms with Crippen molar-refractivity contribution in [2.24, 2.45) is 5.73 Å². The number of likely N-dealkylation sites (N-methyl/N-ethyl adjacent to an activating group) is 1. The number of hydrogen-bond donors (Lipinski definition) is 1. The van der Waals surface area contributed by atoms with E-state index in [-0.39, 0.29) is 23.2 Å². The fraction of sp³-hybridized carbons (Fsp3) is 0.500. The number of aromatic nitrogens is 1. The number of carbonyl (C=O) groups excluding carboxylic acids is 1. The maximum absolute atomic E-state index is 12.0. The van der Waals surface area contributed by atoms with Crippen molar-refractivity contribution in [3.63, 3.8) is 0 Å². The predicted molar refractivity (Wildman–Crippen MR) is 64.3 cm³/mol. The quantitative estimate of drug-likeness (QED) is 0.797. The van der Waals surface area contributed by atoms with Crippen molar-refractivity contribution >= 4 is 23.1 Å². The molecule has 1 amide bonds. The van der Waals surface area contributed by atoms with Gasteiger partial charge >= 0.3 is 0 Å². The Morgan fingerprint density at radius 1 is 1.56 bits per heavy atom. The summed E-state index contributed by atoms with van der Waals surface area (Å²) in [5.41, 5.74) is 6.01. The first-order chi connectivity index (χ1) is 7.45. The Kier molecular flexibility index (Phi) is 4.00. The second-order valence-electron chi connectivity index (χ2n) is 3.43. The number of thiocarbonyl (C=S) groups is 1. The molecular weight excluding hydrogens is 226 g/mol. The van der Waals surface area contributed by atoms with Crippen molar-refractivity contribution < 1.29 is 9.21 Å². The summed E-state index contributed by atoms with van der Waals surface area (Å²) in [7, 11) is 0. The first kappa shape index (κ1) is 12.6. The highest BCUT2D eigenvalue weighted by molar-refractivity contribution is 7.80. The third-order valence-corrected chi connectivity index (χ3v) is 2.24. The zero-order valence-electron chi connectivity index (χ0n) is 9.61. The highest BCUT2D eigenvalue weighted by Crippen LogP contribution is 2.12. The van der Waals surface area contributed by atoms with Gasteiger partial charge < -0.3 is 15.1 Å². The van der Waals surface area contributed by atoms with E-state index < -0.39 is 0 Å². The highest BCUT2D eigenvalue weighted by Gasteiger charge is 2.21. The van der Waals surface area contributed by atoms with Crippen molar-refractivity contribution in [2.75, 3.05) is 13.1 Å². The Morgan fingerprint density at radius 3 is 2.56 bits per heavy atom. The minimum atomic E-state index is -0.228. The summed E-state index contributed by atoms with van der Waals surface area (Å²) in [5, 5.41) is 0. The zero-order chi connectivity index (χ0) is 12.3. The Morgan fingerprint density at radius 2 is 2.19 bits per heavy atom. The van der Waals surface area contributed by atoms with Crippen LogP contribution < -0.4 is 5.73 Å². The molecule has 1 aromatic heterocycles. The van der Waals surface area contributed by atoms with E-state index in [4.69, 9.17) is 22.4 Å². The van der Waals surface area contributed by atoms with Crippen LogP contribution in [-0.2, 0) is 0 Å². The normalized spacial score (nSPS) is 10.2. The second kappa shape index (κ2) is 5.07. The molecule has 1 heterocycles. The predicted octanol–water partition coefficient (Wildman–Crippen LogP) is 1.04. The number of nitrogens with zero attached hydrogens (tertiary/aromatic N) is 2. The summed E-state index contributed by atoms with van der Waals surface area (Å²) in [6, 6.07) is 0. The van der Waals surface area contributed by atoms with Crippen molar-refractivity contribution in [2.45, 2.75) is 20.8 Å². The van der Waals surface area contributed by atoms with E-state index in [1.165, 1.54) is 4.90 Å². The topological polar surface area (TPSA) is 72.4 Å². The Hall–Kier alpha value is -1.43. The number of carbonyl (C=O) groups is 1. The van der Waals surface area contributed by atoms with E-state index in [2.05, 4.69) is 4.98 Å². The van der Waals surface area contributed by atoms with E-state index in [1.54, 1.807) is 13.8 Å². The Bertz CT molecular complexity index is 414. The van der Waals surface area contributed by atoms with Crippen LogP contribution in [0.2, 0.25) is 0 Å². The van der Waals surface area contributed by atoms with Crippen LogP contribution in [0, 0.1) is 13.8 Å². The van der Waals surface area contributed by atoms with Gasteiger partial charge in [0.15, 0.2) is 5.89 Å². The molecule has 0 aromatic carbocycles. The van der Waals surface area contributed by atoms with E-state index in [0.717, 1.165) is 0 Å². The number of rotatable bonds is 4. The number of aryl methyl sites for hydroxylation is 2. The lowest BCUT2D eigenvalue weighted by atomic mass is 10.3.